The summed E-state index contributed by atoms with van der Waals surface area (Å²) in [7, 11) is 0. The van der Waals surface area contributed by atoms with Crippen LogP contribution in [0.1, 0.15) is 13.8 Å². The van der Waals surface area contributed by atoms with Crippen LogP contribution in [0.4, 0.5) is 0 Å². The van der Waals surface area contributed by atoms with E-state index in [0.717, 1.165) is 13.1 Å². The van der Waals surface area contributed by atoms with Gasteiger partial charge in [0.2, 0.25) is 6.85 Å². The van der Waals surface area contributed by atoms with E-state index < -0.39 is 0 Å². The van der Waals surface area contributed by atoms with Gasteiger partial charge in [0.15, 0.2) is 0 Å². The minimum absolute atomic E-state index is 0.675. The molecule has 0 aliphatic heterocycles. The lowest BCUT2D eigenvalue weighted by Crippen LogP contribution is -2.35. The highest BCUT2D eigenvalue weighted by molar-refractivity contribution is 6.55. The predicted octanol–water partition coefficient (Wildman–Crippen LogP) is 0.566. The average Bonchev–Trinajstić information content (AvgIpc) is 1.91. The standard InChI is InChI=1S/C6H17BN2/c1-3-7(4-2)9-6-5-8/h9H,3-6,8H2,1-2H3. The number of hydrogen-bond acceptors (Lipinski definition) is 2. The monoisotopic (exact) mass is 128 g/mol. The third-order valence-corrected chi connectivity index (χ3v) is 1.56. The highest BCUT2D eigenvalue weighted by Gasteiger charge is 2.04. The van der Waals surface area contributed by atoms with E-state index in [1.807, 2.05) is 0 Å². The van der Waals surface area contributed by atoms with Crippen molar-refractivity contribution in [3.63, 3.8) is 0 Å². The Morgan fingerprint density at radius 3 is 2.22 bits per heavy atom. The molecule has 0 fully saturated rings. The number of nitrogens with two attached hydrogens (primary N) is 1. The van der Waals surface area contributed by atoms with Gasteiger partial charge in [-0.05, 0) is 6.54 Å². The van der Waals surface area contributed by atoms with Crippen molar-refractivity contribution in [3.8, 4) is 0 Å². The van der Waals surface area contributed by atoms with Gasteiger partial charge >= 0.3 is 0 Å². The van der Waals surface area contributed by atoms with Crippen molar-refractivity contribution >= 4 is 6.85 Å². The molecule has 0 saturated heterocycles. The fraction of sp³-hybridized carbons (Fsp3) is 1.00. The second kappa shape index (κ2) is 6.11. The molecule has 54 valence electrons. The van der Waals surface area contributed by atoms with Crippen LogP contribution in [-0.2, 0) is 0 Å². The molecule has 9 heavy (non-hydrogen) atoms. The van der Waals surface area contributed by atoms with Crippen molar-refractivity contribution in [2.45, 2.75) is 26.5 Å². The first-order chi connectivity index (χ1) is 4.35. The fourth-order valence-corrected chi connectivity index (χ4v) is 0.865. The first-order valence-electron chi connectivity index (χ1n) is 3.78. The summed E-state index contributed by atoms with van der Waals surface area (Å²) in [6.45, 7) is 6.76. The summed E-state index contributed by atoms with van der Waals surface area (Å²) in [6, 6.07) is 0. The van der Waals surface area contributed by atoms with Gasteiger partial charge in [-0.1, -0.05) is 26.5 Å². The van der Waals surface area contributed by atoms with Gasteiger partial charge in [0.05, 0.1) is 0 Å². The minimum atomic E-state index is 0.675. The SMILES string of the molecule is CCB(CC)NCCN. The first-order valence-corrected chi connectivity index (χ1v) is 3.78. The van der Waals surface area contributed by atoms with Gasteiger partial charge in [0, 0.05) is 6.54 Å². The molecule has 0 unspecified atom stereocenters. The van der Waals surface area contributed by atoms with E-state index in [1.54, 1.807) is 0 Å². The summed E-state index contributed by atoms with van der Waals surface area (Å²) in [6.07, 6.45) is 2.41. The Kier molecular flexibility index (Phi) is 6.10. The van der Waals surface area contributed by atoms with Crippen molar-refractivity contribution in [1.82, 2.24) is 5.23 Å². The molecule has 0 aromatic rings. The van der Waals surface area contributed by atoms with E-state index in [9.17, 15) is 0 Å². The van der Waals surface area contributed by atoms with E-state index >= 15 is 0 Å². The Hall–Kier alpha value is -0.0151. The summed E-state index contributed by atoms with van der Waals surface area (Å²) >= 11 is 0. The molecule has 0 spiro atoms. The maximum atomic E-state index is 5.32. The van der Waals surface area contributed by atoms with Gasteiger partial charge in [0.1, 0.15) is 0 Å². The van der Waals surface area contributed by atoms with Crippen molar-refractivity contribution in [2.24, 2.45) is 5.73 Å². The molecule has 0 heterocycles. The third-order valence-electron chi connectivity index (χ3n) is 1.56. The van der Waals surface area contributed by atoms with Gasteiger partial charge in [0.25, 0.3) is 0 Å². The van der Waals surface area contributed by atoms with Crippen LogP contribution in [0.5, 0.6) is 0 Å². The quantitative estimate of drug-likeness (QED) is 0.531. The van der Waals surface area contributed by atoms with Crippen LogP contribution < -0.4 is 11.0 Å². The lowest BCUT2D eigenvalue weighted by Gasteiger charge is -2.08. The average molecular weight is 128 g/mol. The molecule has 3 N–H and O–H groups in total. The van der Waals surface area contributed by atoms with Crippen LogP contribution in [0.3, 0.4) is 0 Å². The van der Waals surface area contributed by atoms with E-state index in [1.165, 1.54) is 12.6 Å². The molecule has 0 saturated carbocycles. The van der Waals surface area contributed by atoms with Gasteiger partial charge < -0.3 is 11.0 Å². The molecule has 2 nitrogen and oxygen atoms in total. The van der Waals surface area contributed by atoms with Crippen LogP contribution in [0.15, 0.2) is 0 Å². The molecule has 0 aliphatic rings. The first kappa shape index (κ1) is 8.98. The zero-order valence-electron chi connectivity index (χ0n) is 6.48. The molecule has 0 bridgehead atoms. The fourth-order valence-electron chi connectivity index (χ4n) is 0.865. The summed E-state index contributed by atoms with van der Waals surface area (Å²) in [5, 5.41) is 3.34. The number of hydrogen-bond donors (Lipinski definition) is 2. The molecule has 0 radical (unpaired) electrons. The summed E-state index contributed by atoms with van der Waals surface area (Å²) in [4.78, 5) is 0. The van der Waals surface area contributed by atoms with E-state index in [0.29, 0.717) is 6.85 Å². The summed E-state index contributed by atoms with van der Waals surface area (Å²) < 4.78 is 0. The molecule has 0 rings (SSSR count). The topological polar surface area (TPSA) is 38.0 Å². The van der Waals surface area contributed by atoms with Crippen LogP contribution in [0.25, 0.3) is 0 Å². The van der Waals surface area contributed by atoms with Gasteiger partial charge in [-0.2, -0.15) is 0 Å². The molecule has 0 aliphatic carbocycles. The lowest BCUT2D eigenvalue weighted by atomic mass is 9.57. The summed E-state index contributed by atoms with van der Waals surface area (Å²) in [5.74, 6) is 0. The molecule has 0 aromatic heterocycles. The third kappa shape index (κ3) is 4.49. The van der Waals surface area contributed by atoms with E-state index in [2.05, 4.69) is 19.1 Å². The smallest absolute Gasteiger partial charge is 0.219 e. The van der Waals surface area contributed by atoms with E-state index in [4.69, 9.17) is 5.73 Å². The van der Waals surface area contributed by atoms with Crippen molar-refractivity contribution in [3.05, 3.63) is 0 Å². The second-order valence-corrected chi connectivity index (χ2v) is 2.26. The molecule has 3 heteroatoms. The van der Waals surface area contributed by atoms with Crippen LogP contribution in [0.2, 0.25) is 12.6 Å². The lowest BCUT2D eigenvalue weighted by molar-refractivity contribution is 0.876. The van der Waals surface area contributed by atoms with Gasteiger partial charge in [-0.3, -0.25) is 0 Å². The molecule has 0 atom stereocenters. The maximum absolute atomic E-state index is 5.32. The minimum Gasteiger partial charge on any atom is -0.355 e. The molecule has 0 amide bonds. The zero-order chi connectivity index (χ0) is 7.11. The Bertz CT molecular complexity index is 55.0. The largest absolute Gasteiger partial charge is 0.355 e. The van der Waals surface area contributed by atoms with Crippen molar-refractivity contribution in [2.75, 3.05) is 13.1 Å². The van der Waals surface area contributed by atoms with Crippen molar-refractivity contribution < 1.29 is 0 Å². The Balaban J connectivity index is 3.09. The number of nitrogens with one attached hydrogen (secondary N) is 1. The van der Waals surface area contributed by atoms with E-state index in [-0.39, 0.29) is 0 Å². The highest BCUT2D eigenvalue weighted by Crippen LogP contribution is 1.91. The summed E-state index contributed by atoms with van der Waals surface area (Å²) in [5.41, 5.74) is 5.32. The molecular weight excluding hydrogens is 111 g/mol. The van der Waals surface area contributed by atoms with Crippen LogP contribution in [0, 0.1) is 0 Å². The Morgan fingerprint density at radius 1 is 1.33 bits per heavy atom. The number of rotatable bonds is 5. The van der Waals surface area contributed by atoms with Crippen LogP contribution >= 0.6 is 0 Å². The normalized spacial score (nSPS) is 9.67. The predicted molar refractivity (Wildman–Crippen MR) is 43.8 cm³/mol. The van der Waals surface area contributed by atoms with Gasteiger partial charge in [-0.25, -0.2) is 0 Å². The Morgan fingerprint density at radius 2 is 1.89 bits per heavy atom. The van der Waals surface area contributed by atoms with Gasteiger partial charge in [-0.15, -0.1) is 0 Å². The molecular formula is C6H17BN2. The molecule has 0 aromatic carbocycles. The van der Waals surface area contributed by atoms with Crippen molar-refractivity contribution in [1.29, 1.82) is 0 Å². The van der Waals surface area contributed by atoms with Crippen LogP contribution in [-0.4, -0.2) is 19.9 Å². The highest BCUT2D eigenvalue weighted by atomic mass is 14.8. The maximum Gasteiger partial charge on any atom is 0.219 e. The Labute approximate surface area is 58.3 Å². The second-order valence-electron chi connectivity index (χ2n) is 2.26. The zero-order valence-corrected chi connectivity index (χ0v) is 6.48.